The molecule has 0 fully saturated rings. The van der Waals surface area contributed by atoms with Gasteiger partial charge in [0.2, 0.25) is 5.91 Å². The standard InChI is InChI=1S/C21H13Cl4F6NO2/c22-14-5-10(1-3-12(14)17(33)9-32-18(34)8-20(26,27)28)2-4-13(21(29,30)31)11-6-15(23)19(25)16(24)7-11/h1-7,13H,8-9H2,(H,32,34)/b4-2+. The highest BCUT2D eigenvalue weighted by Gasteiger charge is 2.39. The quantitative estimate of drug-likeness (QED) is 0.210. The van der Waals surface area contributed by atoms with Crippen LogP contribution in [-0.2, 0) is 4.79 Å². The highest BCUT2D eigenvalue weighted by Crippen LogP contribution is 2.41. The third-order valence-electron chi connectivity index (χ3n) is 4.30. The van der Waals surface area contributed by atoms with Crippen LogP contribution < -0.4 is 5.32 Å². The van der Waals surface area contributed by atoms with Crippen LogP contribution in [-0.4, -0.2) is 30.6 Å². The Morgan fingerprint density at radius 1 is 0.912 bits per heavy atom. The first-order chi connectivity index (χ1) is 15.6. The van der Waals surface area contributed by atoms with Crippen LogP contribution in [0.2, 0.25) is 20.1 Å². The smallest absolute Gasteiger partial charge is 0.348 e. The molecule has 0 saturated heterocycles. The minimum atomic E-state index is -4.73. The molecule has 0 heterocycles. The minimum Gasteiger partial charge on any atom is -0.348 e. The van der Waals surface area contributed by atoms with Crippen LogP contribution in [0.5, 0.6) is 0 Å². The Kier molecular flexibility index (Phi) is 9.32. The first-order valence-electron chi connectivity index (χ1n) is 9.14. The summed E-state index contributed by atoms with van der Waals surface area (Å²) >= 11 is 23.5. The number of ketones is 1. The van der Waals surface area contributed by atoms with E-state index in [4.69, 9.17) is 46.4 Å². The second-order valence-corrected chi connectivity index (χ2v) is 8.51. The van der Waals surface area contributed by atoms with Gasteiger partial charge < -0.3 is 5.32 Å². The van der Waals surface area contributed by atoms with E-state index in [1.165, 1.54) is 18.2 Å². The van der Waals surface area contributed by atoms with Gasteiger partial charge in [-0.25, -0.2) is 0 Å². The molecular formula is C21H13Cl4F6NO2. The van der Waals surface area contributed by atoms with Crippen LogP contribution >= 0.6 is 46.4 Å². The maximum absolute atomic E-state index is 13.6. The van der Waals surface area contributed by atoms with Gasteiger partial charge in [-0.05, 0) is 35.4 Å². The van der Waals surface area contributed by atoms with Gasteiger partial charge in [0.15, 0.2) is 5.78 Å². The zero-order chi connectivity index (χ0) is 25.8. The normalized spacial score (nSPS) is 13.2. The maximum atomic E-state index is 13.6. The zero-order valence-corrected chi connectivity index (χ0v) is 19.7. The van der Waals surface area contributed by atoms with Crippen molar-refractivity contribution >= 4 is 64.2 Å². The second kappa shape index (κ2) is 11.2. The molecule has 2 aromatic carbocycles. The molecule has 0 bridgehead atoms. The van der Waals surface area contributed by atoms with E-state index < -0.39 is 42.9 Å². The number of hydrogen-bond acceptors (Lipinski definition) is 2. The highest BCUT2D eigenvalue weighted by atomic mass is 35.5. The molecule has 2 rings (SSSR count). The molecular weight excluding hydrogens is 554 g/mol. The Balaban J connectivity index is 2.20. The topological polar surface area (TPSA) is 46.2 Å². The monoisotopic (exact) mass is 565 g/mol. The lowest BCUT2D eigenvalue weighted by Crippen LogP contribution is -2.32. The lowest BCUT2D eigenvalue weighted by Gasteiger charge is -2.18. The number of rotatable bonds is 7. The number of Topliss-reactive ketones (excluding diaryl/α,β-unsaturated/α-hetero) is 1. The largest absolute Gasteiger partial charge is 0.399 e. The average molecular weight is 567 g/mol. The number of halogens is 10. The fourth-order valence-corrected chi connectivity index (χ4v) is 3.66. The van der Waals surface area contributed by atoms with E-state index >= 15 is 0 Å². The summed E-state index contributed by atoms with van der Waals surface area (Å²) in [6.07, 6.45) is -9.23. The van der Waals surface area contributed by atoms with E-state index in [0.29, 0.717) is 0 Å². The van der Waals surface area contributed by atoms with Gasteiger partial charge in [0.1, 0.15) is 6.42 Å². The Labute approximate surface area is 209 Å². The molecule has 3 nitrogen and oxygen atoms in total. The van der Waals surface area contributed by atoms with Gasteiger partial charge in [0.05, 0.1) is 32.6 Å². The van der Waals surface area contributed by atoms with E-state index in [1.54, 1.807) is 0 Å². The third kappa shape index (κ3) is 8.08. The van der Waals surface area contributed by atoms with Gasteiger partial charge >= 0.3 is 12.4 Å². The Morgan fingerprint density at radius 2 is 1.50 bits per heavy atom. The fourth-order valence-electron chi connectivity index (χ4n) is 2.75. The Hall–Kier alpha value is -1.94. The summed E-state index contributed by atoms with van der Waals surface area (Å²) in [5.41, 5.74) is -0.187. The average Bonchev–Trinajstić information content (AvgIpc) is 2.68. The number of allylic oxidation sites excluding steroid dienone is 1. The maximum Gasteiger partial charge on any atom is 0.399 e. The van der Waals surface area contributed by atoms with Crippen molar-refractivity contribution in [2.24, 2.45) is 0 Å². The van der Waals surface area contributed by atoms with Crippen LogP contribution in [0, 0.1) is 0 Å². The summed E-state index contributed by atoms with van der Waals surface area (Å²) in [7, 11) is 0. The molecule has 0 spiro atoms. The molecule has 184 valence electrons. The summed E-state index contributed by atoms with van der Waals surface area (Å²) in [6, 6.07) is 5.74. The SMILES string of the molecule is O=C(CC(F)(F)F)NCC(=O)c1ccc(/C=C/C(c2cc(Cl)c(Cl)c(Cl)c2)C(F)(F)F)cc1Cl. The predicted molar refractivity (Wildman–Crippen MR) is 119 cm³/mol. The molecule has 0 saturated carbocycles. The van der Waals surface area contributed by atoms with Crippen LogP contribution in [0.1, 0.15) is 33.8 Å². The number of hydrogen-bond donors (Lipinski definition) is 1. The van der Waals surface area contributed by atoms with Gasteiger partial charge in [0.25, 0.3) is 0 Å². The van der Waals surface area contributed by atoms with Crippen molar-refractivity contribution < 1.29 is 35.9 Å². The summed E-state index contributed by atoms with van der Waals surface area (Å²) in [5, 5.41) is 1.27. The number of amides is 1. The van der Waals surface area contributed by atoms with E-state index in [0.717, 1.165) is 24.3 Å². The lowest BCUT2D eigenvalue weighted by molar-refractivity contribution is -0.153. The van der Waals surface area contributed by atoms with Crippen molar-refractivity contribution in [2.45, 2.75) is 24.7 Å². The van der Waals surface area contributed by atoms with Gasteiger partial charge in [0, 0.05) is 5.56 Å². The zero-order valence-electron chi connectivity index (χ0n) is 16.6. The molecule has 0 aliphatic carbocycles. The highest BCUT2D eigenvalue weighted by molar-refractivity contribution is 6.48. The molecule has 1 amide bonds. The molecule has 0 radical (unpaired) electrons. The molecule has 0 aliphatic rings. The lowest BCUT2D eigenvalue weighted by atomic mass is 9.96. The molecule has 34 heavy (non-hydrogen) atoms. The first kappa shape index (κ1) is 28.3. The molecule has 1 unspecified atom stereocenters. The molecule has 0 aromatic heterocycles. The van der Waals surface area contributed by atoms with Crippen LogP contribution in [0.25, 0.3) is 6.08 Å². The summed E-state index contributed by atoms with van der Waals surface area (Å²) in [4.78, 5) is 23.3. The first-order valence-corrected chi connectivity index (χ1v) is 10.6. The minimum absolute atomic E-state index is 0.0846. The van der Waals surface area contributed by atoms with E-state index in [2.05, 4.69) is 0 Å². The van der Waals surface area contributed by atoms with Crippen molar-refractivity contribution in [1.82, 2.24) is 5.32 Å². The number of benzene rings is 2. The van der Waals surface area contributed by atoms with Gasteiger partial charge in [-0.1, -0.05) is 64.6 Å². The summed E-state index contributed by atoms with van der Waals surface area (Å²) in [6.45, 7) is -0.738. The Bertz CT molecular complexity index is 1090. The summed E-state index contributed by atoms with van der Waals surface area (Å²) in [5.74, 6) is -4.27. The van der Waals surface area contributed by atoms with Crippen LogP contribution in [0.4, 0.5) is 26.3 Å². The van der Waals surface area contributed by atoms with Crippen molar-refractivity contribution in [3.8, 4) is 0 Å². The number of carbonyl (C=O) groups is 2. The van der Waals surface area contributed by atoms with Gasteiger partial charge in [-0.3, -0.25) is 9.59 Å². The van der Waals surface area contributed by atoms with E-state index in [9.17, 15) is 35.9 Å². The number of nitrogens with one attached hydrogen (secondary N) is 1. The van der Waals surface area contributed by atoms with Crippen LogP contribution in [0.15, 0.2) is 36.4 Å². The fraction of sp³-hybridized carbons (Fsp3) is 0.238. The molecule has 1 N–H and O–H groups in total. The van der Waals surface area contributed by atoms with Crippen molar-refractivity contribution in [2.75, 3.05) is 6.54 Å². The molecule has 13 heteroatoms. The molecule has 0 aliphatic heterocycles. The van der Waals surface area contributed by atoms with Crippen molar-refractivity contribution in [1.29, 1.82) is 0 Å². The van der Waals surface area contributed by atoms with Crippen LogP contribution in [0.3, 0.4) is 0 Å². The third-order valence-corrected chi connectivity index (χ3v) is 5.81. The second-order valence-electron chi connectivity index (χ2n) is 6.91. The van der Waals surface area contributed by atoms with E-state index in [1.807, 2.05) is 5.32 Å². The molecule has 2 aromatic rings. The van der Waals surface area contributed by atoms with Gasteiger partial charge in [-0.15, -0.1) is 0 Å². The van der Waals surface area contributed by atoms with Gasteiger partial charge in [-0.2, -0.15) is 26.3 Å². The summed E-state index contributed by atoms with van der Waals surface area (Å²) < 4.78 is 77.4. The number of alkyl halides is 6. The Morgan fingerprint density at radius 3 is 2.00 bits per heavy atom. The predicted octanol–water partition coefficient (Wildman–Crippen LogP) is 7.91. The number of carbonyl (C=O) groups excluding carboxylic acids is 2. The van der Waals surface area contributed by atoms with Crippen molar-refractivity contribution in [3.63, 3.8) is 0 Å². The van der Waals surface area contributed by atoms with E-state index in [-0.39, 0.29) is 36.8 Å². The molecule has 1 atom stereocenters. The van der Waals surface area contributed by atoms with Crippen molar-refractivity contribution in [3.05, 3.63) is 73.2 Å².